The van der Waals surface area contributed by atoms with Gasteiger partial charge in [-0.3, -0.25) is 4.79 Å². The van der Waals surface area contributed by atoms with E-state index in [4.69, 9.17) is 4.74 Å². The van der Waals surface area contributed by atoms with Crippen LogP contribution in [-0.2, 0) is 6.42 Å². The van der Waals surface area contributed by atoms with Crippen LogP contribution in [0.3, 0.4) is 0 Å². The van der Waals surface area contributed by atoms with E-state index in [1.165, 1.54) is 5.56 Å². The third kappa shape index (κ3) is 2.85. The topological polar surface area (TPSA) is 57.0 Å². The molecule has 1 aromatic heterocycles. The van der Waals surface area contributed by atoms with Gasteiger partial charge in [-0.2, -0.15) is 0 Å². The predicted octanol–water partition coefficient (Wildman–Crippen LogP) is 3.32. The molecule has 0 bridgehead atoms. The van der Waals surface area contributed by atoms with Crippen LogP contribution in [0.15, 0.2) is 48.5 Å². The maximum atomic E-state index is 11.3. The molecule has 0 aliphatic heterocycles. The molecule has 0 spiro atoms. The molecule has 2 aromatic carbocycles. The Hall–Kier alpha value is -2.95. The van der Waals surface area contributed by atoms with E-state index in [0.29, 0.717) is 11.4 Å². The summed E-state index contributed by atoms with van der Waals surface area (Å²) >= 11 is 0. The van der Waals surface area contributed by atoms with Crippen molar-refractivity contribution >= 4 is 6.29 Å². The van der Waals surface area contributed by atoms with Crippen molar-refractivity contribution in [3.05, 3.63) is 59.8 Å². The second-order valence-electron chi connectivity index (χ2n) is 5.10. The summed E-state index contributed by atoms with van der Waals surface area (Å²) in [4.78, 5) is 11.3. The summed E-state index contributed by atoms with van der Waals surface area (Å²) in [5, 5.41) is 8.12. The fourth-order valence-corrected chi connectivity index (χ4v) is 2.45. The van der Waals surface area contributed by atoms with Gasteiger partial charge in [0.25, 0.3) is 0 Å². The number of carbonyl (C=O) groups excluding carboxylic acids is 1. The highest BCUT2D eigenvalue weighted by molar-refractivity contribution is 5.84. The van der Waals surface area contributed by atoms with Gasteiger partial charge in [-0.15, -0.1) is 5.10 Å². The van der Waals surface area contributed by atoms with E-state index < -0.39 is 0 Å². The SMILES string of the molecule is CCc1ccc(-n2nnc(C=O)c2-c2ccc(OC)cc2)cc1. The minimum atomic E-state index is 0.315. The second-order valence-corrected chi connectivity index (χ2v) is 5.10. The lowest BCUT2D eigenvalue weighted by Crippen LogP contribution is -2.00. The Morgan fingerprint density at radius 2 is 1.78 bits per heavy atom. The van der Waals surface area contributed by atoms with Gasteiger partial charge in [0.1, 0.15) is 11.4 Å². The van der Waals surface area contributed by atoms with Crippen LogP contribution in [0.25, 0.3) is 16.9 Å². The van der Waals surface area contributed by atoms with Gasteiger partial charge in [0.2, 0.25) is 0 Å². The summed E-state index contributed by atoms with van der Waals surface area (Å²) in [6, 6.07) is 15.5. The van der Waals surface area contributed by atoms with Crippen molar-refractivity contribution in [2.24, 2.45) is 0 Å². The monoisotopic (exact) mass is 307 g/mol. The first-order valence-corrected chi connectivity index (χ1v) is 7.41. The molecule has 116 valence electrons. The molecule has 0 atom stereocenters. The van der Waals surface area contributed by atoms with E-state index in [1.54, 1.807) is 11.8 Å². The Balaban J connectivity index is 2.10. The average molecular weight is 307 g/mol. The van der Waals surface area contributed by atoms with Gasteiger partial charge >= 0.3 is 0 Å². The van der Waals surface area contributed by atoms with E-state index in [2.05, 4.69) is 29.4 Å². The number of aldehydes is 1. The van der Waals surface area contributed by atoms with E-state index in [9.17, 15) is 4.79 Å². The Bertz CT molecular complexity index is 805. The summed E-state index contributed by atoms with van der Waals surface area (Å²) < 4.78 is 6.86. The predicted molar refractivity (Wildman–Crippen MR) is 88.1 cm³/mol. The van der Waals surface area contributed by atoms with Crippen molar-refractivity contribution in [3.63, 3.8) is 0 Å². The molecular weight excluding hydrogens is 290 g/mol. The normalized spacial score (nSPS) is 10.5. The number of aromatic nitrogens is 3. The van der Waals surface area contributed by atoms with E-state index >= 15 is 0 Å². The summed E-state index contributed by atoms with van der Waals surface area (Å²) in [5.41, 5.74) is 3.96. The first-order valence-electron chi connectivity index (χ1n) is 7.41. The van der Waals surface area contributed by atoms with Gasteiger partial charge in [0.15, 0.2) is 12.0 Å². The molecule has 23 heavy (non-hydrogen) atoms. The van der Waals surface area contributed by atoms with Crippen molar-refractivity contribution in [1.82, 2.24) is 15.0 Å². The maximum Gasteiger partial charge on any atom is 0.172 e. The zero-order chi connectivity index (χ0) is 16.2. The standard InChI is InChI=1S/C18H17N3O2/c1-3-13-4-8-15(9-5-13)21-18(17(12-22)19-20-21)14-6-10-16(23-2)11-7-14/h4-12H,3H2,1-2H3. The van der Waals surface area contributed by atoms with Crippen molar-refractivity contribution in [1.29, 1.82) is 0 Å². The zero-order valence-electron chi connectivity index (χ0n) is 13.1. The molecule has 0 saturated heterocycles. The highest BCUT2D eigenvalue weighted by Gasteiger charge is 2.16. The number of hydrogen-bond acceptors (Lipinski definition) is 4. The Kier molecular flexibility index (Phi) is 4.19. The van der Waals surface area contributed by atoms with E-state index in [1.807, 2.05) is 36.4 Å². The minimum absolute atomic E-state index is 0.315. The van der Waals surface area contributed by atoms with Gasteiger partial charge in [0, 0.05) is 5.56 Å². The molecular formula is C18H17N3O2. The van der Waals surface area contributed by atoms with E-state index in [-0.39, 0.29) is 0 Å². The molecule has 3 rings (SSSR count). The van der Waals surface area contributed by atoms with Crippen LogP contribution in [0.4, 0.5) is 0 Å². The lowest BCUT2D eigenvalue weighted by molar-refractivity contribution is 0.111. The number of rotatable bonds is 5. The van der Waals surface area contributed by atoms with Gasteiger partial charge in [-0.05, 0) is 48.4 Å². The van der Waals surface area contributed by atoms with Crippen molar-refractivity contribution < 1.29 is 9.53 Å². The molecule has 0 amide bonds. The van der Waals surface area contributed by atoms with Gasteiger partial charge in [-0.25, -0.2) is 4.68 Å². The molecule has 3 aromatic rings. The molecule has 1 heterocycles. The number of carbonyl (C=O) groups is 1. The number of aryl methyl sites for hydroxylation is 1. The number of methoxy groups -OCH3 is 1. The number of nitrogens with zero attached hydrogens (tertiary/aromatic N) is 3. The third-order valence-electron chi connectivity index (χ3n) is 3.76. The quantitative estimate of drug-likeness (QED) is 0.679. The number of hydrogen-bond donors (Lipinski definition) is 0. The van der Waals surface area contributed by atoms with Gasteiger partial charge < -0.3 is 4.74 Å². The van der Waals surface area contributed by atoms with Crippen LogP contribution in [0.5, 0.6) is 5.75 Å². The molecule has 0 unspecified atom stereocenters. The van der Waals surface area contributed by atoms with E-state index in [0.717, 1.165) is 29.7 Å². The summed E-state index contributed by atoms with van der Waals surface area (Å²) in [6.07, 6.45) is 1.70. The van der Waals surface area contributed by atoms with Crippen molar-refractivity contribution in [2.45, 2.75) is 13.3 Å². The lowest BCUT2D eigenvalue weighted by Gasteiger charge is -2.08. The first-order chi connectivity index (χ1) is 11.3. The summed E-state index contributed by atoms with van der Waals surface area (Å²) in [5.74, 6) is 0.757. The largest absolute Gasteiger partial charge is 0.497 e. The van der Waals surface area contributed by atoms with Crippen LogP contribution < -0.4 is 4.74 Å². The fourth-order valence-electron chi connectivity index (χ4n) is 2.45. The second kappa shape index (κ2) is 6.44. The van der Waals surface area contributed by atoms with Crippen LogP contribution >= 0.6 is 0 Å². The lowest BCUT2D eigenvalue weighted by atomic mass is 10.1. The molecule has 0 radical (unpaired) electrons. The van der Waals surface area contributed by atoms with Gasteiger partial charge in [-0.1, -0.05) is 24.3 Å². The fraction of sp³-hybridized carbons (Fsp3) is 0.167. The van der Waals surface area contributed by atoms with Gasteiger partial charge in [0.05, 0.1) is 12.8 Å². The smallest absolute Gasteiger partial charge is 0.172 e. The van der Waals surface area contributed by atoms with Crippen LogP contribution in [0, 0.1) is 0 Å². The first kappa shape index (κ1) is 15.0. The molecule has 0 aliphatic rings. The Labute approximate surface area is 134 Å². The minimum Gasteiger partial charge on any atom is -0.497 e. The maximum absolute atomic E-state index is 11.3. The molecule has 5 heteroatoms. The number of benzene rings is 2. The Morgan fingerprint density at radius 1 is 1.09 bits per heavy atom. The van der Waals surface area contributed by atoms with Crippen LogP contribution in [0.2, 0.25) is 0 Å². The van der Waals surface area contributed by atoms with Crippen LogP contribution in [0.1, 0.15) is 23.0 Å². The van der Waals surface area contributed by atoms with Crippen LogP contribution in [-0.4, -0.2) is 28.4 Å². The third-order valence-corrected chi connectivity index (χ3v) is 3.76. The zero-order valence-corrected chi connectivity index (χ0v) is 13.1. The summed E-state index contributed by atoms with van der Waals surface area (Å²) in [6.45, 7) is 2.11. The molecule has 0 saturated carbocycles. The average Bonchev–Trinajstić information content (AvgIpc) is 3.06. The Morgan fingerprint density at radius 3 is 2.35 bits per heavy atom. The molecule has 5 nitrogen and oxygen atoms in total. The molecule has 0 aliphatic carbocycles. The molecule has 0 N–H and O–H groups in total. The molecule has 0 fully saturated rings. The number of ether oxygens (including phenoxy) is 1. The van der Waals surface area contributed by atoms with Crippen molar-refractivity contribution in [3.8, 4) is 22.7 Å². The highest BCUT2D eigenvalue weighted by atomic mass is 16.5. The van der Waals surface area contributed by atoms with Crippen molar-refractivity contribution in [2.75, 3.05) is 7.11 Å². The highest BCUT2D eigenvalue weighted by Crippen LogP contribution is 2.26. The summed E-state index contributed by atoms with van der Waals surface area (Å²) in [7, 11) is 1.62.